The van der Waals surface area contributed by atoms with Crippen molar-refractivity contribution in [2.75, 3.05) is 26.4 Å². The van der Waals surface area contributed by atoms with Crippen LogP contribution in [-0.4, -0.2) is 37.4 Å². The van der Waals surface area contributed by atoms with Crippen LogP contribution in [0.3, 0.4) is 0 Å². The van der Waals surface area contributed by atoms with E-state index in [4.69, 9.17) is 9.84 Å². The summed E-state index contributed by atoms with van der Waals surface area (Å²) in [6.07, 6.45) is 8.20. The minimum Gasteiger partial charge on any atom is -0.394 e. The van der Waals surface area contributed by atoms with Gasteiger partial charge in [-0.1, -0.05) is 6.92 Å². The number of hydrogen-bond acceptors (Lipinski definition) is 3. The Morgan fingerprint density at radius 3 is 2.57 bits per heavy atom. The summed E-state index contributed by atoms with van der Waals surface area (Å²) in [5.74, 6) is 1.87. The number of aliphatic hydroxyl groups is 1. The van der Waals surface area contributed by atoms with Gasteiger partial charge in [-0.15, -0.1) is 0 Å². The molecule has 4 nitrogen and oxygen atoms in total. The van der Waals surface area contributed by atoms with Crippen LogP contribution in [-0.2, 0) is 9.53 Å². The van der Waals surface area contributed by atoms with Crippen molar-refractivity contribution in [2.45, 2.75) is 51.9 Å². The molecule has 4 heteroatoms. The van der Waals surface area contributed by atoms with E-state index in [1.165, 1.54) is 19.3 Å². The normalized spacial score (nSPS) is 40.5. The largest absolute Gasteiger partial charge is 0.394 e. The number of amides is 1. The number of carbonyl (C=O) groups excluding carboxylic acids is 1. The Kier molecular flexibility index (Phi) is 4.28. The molecule has 0 aromatic heterocycles. The third-order valence-corrected chi connectivity index (χ3v) is 5.82. The van der Waals surface area contributed by atoms with Crippen molar-refractivity contribution >= 4 is 5.91 Å². The summed E-state index contributed by atoms with van der Waals surface area (Å²) in [5, 5.41) is 11.8. The van der Waals surface area contributed by atoms with Crippen LogP contribution in [0.2, 0.25) is 0 Å². The van der Waals surface area contributed by atoms with Crippen molar-refractivity contribution < 1.29 is 14.6 Å². The van der Waals surface area contributed by atoms with Gasteiger partial charge in [0.25, 0.3) is 0 Å². The fourth-order valence-electron chi connectivity index (χ4n) is 5.72. The van der Waals surface area contributed by atoms with E-state index in [-0.39, 0.29) is 12.0 Å². The van der Waals surface area contributed by atoms with Gasteiger partial charge in [-0.05, 0) is 62.2 Å². The van der Waals surface area contributed by atoms with Gasteiger partial charge in [-0.2, -0.15) is 0 Å². The third-order valence-electron chi connectivity index (χ3n) is 5.82. The minimum atomic E-state index is -0.0647. The Balaban J connectivity index is 1.50. The first kappa shape index (κ1) is 15.3. The highest BCUT2D eigenvalue weighted by atomic mass is 16.5. The Labute approximate surface area is 127 Å². The molecule has 4 fully saturated rings. The zero-order valence-electron chi connectivity index (χ0n) is 13.2. The number of rotatable bonds is 7. The molecule has 2 atom stereocenters. The smallest absolute Gasteiger partial charge is 0.226 e. The van der Waals surface area contributed by atoms with Crippen LogP contribution < -0.4 is 5.32 Å². The van der Waals surface area contributed by atoms with Gasteiger partial charge in [0.15, 0.2) is 0 Å². The van der Waals surface area contributed by atoms with Gasteiger partial charge in [0.05, 0.1) is 18.6 Å². The second-order valence-corrected chi connectivity index (χ2v) is 8.00. The highest BCUT2D eigenvalue weighted by Crippen LogP contribution is 2.65. The van der Waals surface area contributed by atoms with Crippen molar-refractivity contribution in [1.29, 1.82) is 0 Å². The zero-order valence-corrected chi connectivity index (χ0v) is 13.2. The molecule has 4 bridgehead atoms. The predicted molar refractivity (Wildman–Crippen MR) is 80.8 cm³/mol. The Morgan fingerprint density at radius 1 is 1.24 bits per heavy atom. The number of carbonyl (C=O) groups is 1. The van der Waals surface area contributed by atoms with E-state index in [0.29, 0.717) is 31.1 Å². The average molecular weight is 295 g/mol. The summed E-state index contributed by atoms with van der Waals surface area (Å²) < 4.78 is 5.23. The van der Waals surface area contributed by atoms with Crippen LogP contribution in [0, 0.1) is 22.7 Å². The topological polar surface area (TPSA) is 58.6 Å². The lowest BCUT2D eigenvalue weighted by molar-refractivity contribution is -0.155. The van der Waals surface area contributed by atoms with E-state index >= 15 is 0 Å². The van der Waals surface area contributed by atoms with Crippen LogP contribution in [0.25, 0.3) is 0 Å². The van der Waals surface area contributed by atoms with Gasteiger partial charge >= 0.3 is 0 Å². The van der Waals surface area contributed by atoms with Crippen LogP contribution in [0.15, 0.2) is 0 Å². The molecular formula is C17H29NO3. The SMILES string of the molecule is CC12CC3CC(C1)CC(C(=O)NCCCOCCO)(C3)C2. The molecule has 0 heterocycles. The molecule has 2 unspecified atom stereocenters. The molecule has 4 saturated carbocycles. The monoisotopic (exact) mass is 295 g/mol. The lowest BCUT2D eigenvalue weighted by atomic mass is 9.44. The number of nitrogens with one attached hydrogen (secondary N) is 1. The van der Waals surface area contributed by atoms with E-state index in [1.54, 1.807) is 0 Å². The fraction of sp³-hybridized carbons (Fsp3) is 0.941. The van der Waals surface area contributed by atoms with E-state index in [1.807, 2.05) is 0 Å². The Morgan fingerprint density at radius 2 is 1.95 bits per heavy atom. The molecule has 4 aliphatic carbocycles. The lowest BCUT2D eigenvalue weighted by Crippen LogP contribution is -2.56. The van der Waals surface area contributed by atoms with Crippen molar-refractivity contribution in [3.05, 3.63) is 0 Å². The maximum atomic E-state index is 12.7. The van der Waals surface area contributed by atoms with Crippen LogP contribution in [0.4, 0.5) is 0 Å². The first-order valence-corrected chi connectivity index (χ1v) is 8.52. The molecule has 0 aliphatic heterocycles. The number of aliphatic hydroxyl groups excluding tert-OH is 1. The summed E-state index contributed by atoms with van der Waals surface area (Å²) >= 11 is 0. The number of ether oxygens (including phenoxy) is 1. The highest BCUT2D eigenvalue weighted by Gasteiger charge is 2.58. The molecule has 1 amide bonds. The van der Waals surface area contributed by atoms with Crippen LogP contribution in [0.1, 0.15) is 51.9 Å². The summed E-state index contributed by atoms with van der Waals surface area (Å²) in [5.41, 5.74) is 0.358. The molecular weight excluding hydrogens is 266 g/mol. The molecule has 0 aromatic rings. The maximum absolute atomic E-state index is 12.7. The second-order valence-electron chi connectivity index (χ2n) is 8.00. The van der Waals surface area contributed by atoms with Crippen molar-refractivity contribution in [3.8, 4) is 0 Å². The highest BCUT2D eigenvalue weighted by molar-refractivity contribution is 5.83. The van der Waals surface area contributed by atoms with E-state index < -0.39 is 0 Å². The number of hydrogen-bond donors (Lipinski definition) is 2. The molecule has 0 aromatic carbocycles. The Bertz CT molecular complexity index is 381. The molecule has 4 aliphatic rings. The molecule has 2 N–H and O–H groups in total. The van der Waals surface area contributed by atoms with Crippen molar-refractivity contribution in [2.24, 2.45) is 22.7 Å². The van der Waals surface area contributed by atoms with E-state index in [0.717, 1.165) is 37.5 Å². The summed E-state index contributed by atoms with van der Waals surface area (Å²) in [4.78, 5) is 12.7. The lowest BCUT2D eigenvalue weighted by Gasteiger charge is -2.60. The van der Waals surface area contributed by atoms with Gasteiger partial charge in [0, 0.05) is 13.2 Å². The van der Waals surface area contributed by atoms with Crippen molar-refractivity contribution in [1.82, 2.24) is 5.32 Å². The molecule has 0 saturated heterocycles. The summed E-state index contributed by atoms with van der Waals surface area (Å²) in [7, 11) is 0. The second kappa shape index (κ2) is 5.88. The summed E-state index contributed by atoms with van der Waals surface area (Å²) in [6.45, 7) is 4.15. The third kappa shape index (κ3) is 3.11. The van der Waals surface area contributed by atoms with Crippen LogP contribution in [0.5, 0.6) is 0 Å². The average Bonchev–Trinajstić information content (AvgIpc) is 2.39. The predicted octanol–water partition coefficient (Wildman–Crippen LogP) is 2.11. The molecule has 4 rings (SSSR count). The fourth-order valence-corrected chi connectivity index (χ4v) is 5.72. The molecule has 0 spiro atoms. The Hall–Kier alpha value is -0.610. The summed E-state index contributed by atoms with van der Waals surface area (Å²) in [6, 6.07) is 0. The zero-order chi connectivity index (χ0) is 14.9. The van der Waals surface area contributed by atoms with Gasteiger partial charge in [0.2, 0.25) is 5.91 Å². The first-order chi connectivity index (χ1) is 10.1. The molecule has 21 heavy (non-hydrogen) atoms. The van der Waals surface area contributed by atoms with Gasteiger partial charge in [0.1, 0.15) is 0 Å². The first-order valence-electron chi connectivity index (χ1n) is 8.52. The maximum Gasteiger partial charge on any atom is 0.226 e. The van der Waals surface area contributed by atoms with Crippen molar-refractivity contribution in [3.63, 3.8) is 0 Å². The van der Waals surface area contributed by atoms with Gasteiger partial charge in [-0.3, -0.25) is 4.79 Å². The minimum absolute atomic E-state index is 0.0647. The molecule has 120 valence electrons. The standard InChI is InChI=1S/C17H29NO3/c1-16-8-13-7-14(9-16)11-17(10-13,12-16)15(20)18-3-2-5-21-6-4-19/h13-14,19H,2-12H2,1H3,(H,18,20). The molecule has 0 radical (unpaired) electrons. The van der Waals surface area contributed by atoms with Gasteiger partial charge in [-0.25, -0.2) is 0 Å². The van der Waals surface area contributed by atoms with Gasteiger partial charge < -0.3 is 15.2 Å². The van der Waals surface area contributed by atoms with Crippen LogP contribution >= 0.6 is 0 Å². The van der Waals surface area contributed by atoms with E-state index in [2.05, 4.69) is 12.2 Å². The van der Waals surface area contributed by atoms with E-state index in [9.17, 15) is 4.79 Å². The quantitative estimate of drug-likeness (QED) is 0.707.